The second-order valence-corrected chi connectivity index (χ2v) is 5.93. The van der Waals surface area contributed by atoms with Crippen LogP contribution in [0.1, 0.15) is 42.5 Å². The lowest BCUT2D eigenvalue weighted by atomic mass is 10.1. The molecule has 0 spiro atoms. The molecule has 0 bridgehead atoms. The van der Waals surface area contributed by atoms with Crippen molar-refractivity contribution in [1.82, 2.24) is 15.5 Å². The van der Waals surface area contributed by atoms with Gasteiger partial charge >= 0.3 is 0 Å². The van der Waals surface area contributed by atoms with E-state index in [1.54, 1.807) is 12.1 Å². The molecule has 112 valence electrons. The minimum atomic E-state index is -0.265. The largest absolute Gasteiger partial charge is 0.339 e. The van der Waals surface area contributed by atoms with Crippen LogP contribution in [0.3, 0.4) is 0 Å². The van der Waals surface area contributed by atoms with Gasteiger partial charge in [0, 0.05) is 34.9 Å². The van der Waals surface area contributed by atoms with Crippen molar-refractivity contribution in [3.8, 4) is 0 Å². The maximum absolute atomic E-state index is 13.9. The Bertz CT molecular complexity index is 625. The van der Waals surface area contributed by atoms with E-state index in [1.807, 2.05) is 7.05 Å². The summed E-state index contributed by atoms with van der Waals surface area (Å²) in [7, 11) is 1.89. The zero-order valence-corrected chi connectivity index (χ0v) is 12.7. The third kappa shape index (κ3) is 2.94. The Morgan fingerprint density at radius 1 is 1.48 bits per heavy atom. The fourth-order valence-electron chi connectivity index (χ4n) is 2.53. The molecular weight excluding hydrogens is 293 g/mol. The highest BCUT2D eigenvalue weighted by atomic mass is 35.5. The van der Waals surface area contributed by atoms with E-state index in [-0.39, 0.29) is 23.7 Å². The van der Waals surface area contributed by atoms with Crippen LogP contribution in [0, 0.1) is 5.82 Å². The number of nitrogens with one attached hydrogen (secondary N) is 1. The van der Waals surface area contributed by atoms with Crippen LogP contribution in [-0.4, -0.2) is 23.2 Å². The standard InChI is InChI=1S/C15H17ClFN3O/c1-8(18-2)6-13-19-15(21-20-13)10-7-9(10)14-11(16)4-3-5-12(14)17/h3-5,8-10,18H,6-7H2,1-2H3. The quantitative estimate of drug-likeness (QED) is 0.921. The van der Waals surface area contributed by atoms with E-state index >= 15 is 0 Å². The van der Waals surface area contributed by atoms with Gasteiger partial charge in [-0.2, -0.15) is 4.98 Å². The molecule has 1 N–H and O–H groups in total. The molecule has 1 aromatic carbocycles. The molecule has 4 nitrogen and oxygen atoms in total. The van der Waals surface area contributed by atoms with Gasteiger partial charge in [-0.3, -0.25) is 0 Å². The number of benzene rings is 1. The summed E-state index contributed by atoms with van der Waals surface area (Å²) < 4.78 is 19.2. The number of likely N-dealkylation sites (N-methyl/N-ethyl adjacent to an activating group) is 1. The summed E-state index contributed by atoms with van der Waals surface area (Å²) >= 11 is 6.10. The van der Waals surface area contributed by atoms with Gasteiger partial charge in [0.1, 0.15) is 5.82 Å². The molecule has 3 atom stereocenters. The summed E-state index contributed by atoms with van der Waals surface area (Å²) in [6.45, 7) is 2.05. The Morgan fingerprint density at radius 3 is 3.00 bits per heavy atom. The molecule has 1 aliphatic rings. The summed E-state index contributed by atoms with van der Waals surface area (Å²) in [5.41, 5.74) is 0.563. The van der Waals surface area contributed by atoms with Crippen molar-refractivity contribution < 1.29 is 8.91 Å². The summed E-state index contributed by atoms with van der Waals surface area (Å²) in [4.78, 5) is 4.41. The minimum absolute atomic E-state index is 0.0359. The SMILES string of the molecule is CNC(C)Cc1noc(C2CC2c2c(F)cccc2Cl)n1. The van der Waals surface area contributed by atoms with Crippen LogP contribution in [0.2, 0.25) is 5.02 Å². The molecule has 1 heterocycles. The summed E-state index contributed by atoms with van der Waals surface area (Å²) in [6, 6.07) is 5.04. The van der Waals surface area contributed by atoms with Gasteiger partial charge in [0.2, 0.25) is 5.89 Å². The predicted molar refractivity (Wildman–Crippen MR) is 78.0 cm³/mol. The van der Waals surface area contributed by atoms with E-state index < -0.39 is 0 Å². The van der Waals surface area contributed by atoms with E-state index in [1.165, 1.54) is 6.07 Å². The number of rotatable bonds is 5. The number of halogens is 2. The molecule has 1 saturated carbocycles. The van der Waals surface area contributed by atoms with Crippen LogP contribution in [0.15, 0.2) is 22.7 Å². The smallest absolute Gasteiger partial charge is 0.230 e. The molecule has 6 heteroatoms. The maximum Gasteiger partial charge on any atom is 0.230 e. The molecule has 21 heavy (non-hydrogen) atoms. The molecule has 0 aliphatic heterocycles. The second-order valence-electron chi connectivity index (χ2n) is 5.53. The average molecular weight is 310 g/mol. The van der Waals surface area contributed by atoms with Crippen molar-refractivity contribution in [2.45, 2.75) is 37.6 Å². The molecule has 3 unspecified atom stereocenters. The molecule has 2 aromatic rings. The fraction of sp³-hybridized carbons (Fsp3) is 0.467. The minimum Gasteiger partial charge on any atom is -0.339 e. The lowest BCUT2D eigenvalue weighted by molar-refractivity contribution is 0.370. The summed E-state index contributed by atoms with van der Waals surface area (Å²) in [6.07, 6.45) is 1.50. The summed E-state index contributed by atoms with van der Waals surface area (Å²) in [5.74, 6) is 1.10. The predicted octanol–water partition coefficient (Wildman–Crippen LogP) is 3.28. The second kappa shape index (κ2) is 5.73. The average Bonchev–Trinajstić information content (AvgIpc) is 3.09. The Labute approximate surface area is 127 Å². The highest BCUT2D eigenvalue weighted by Crippen LogP contribution is 2.56. The van der Waals surface area contributed by atoms with Crippen molar-refractivity contribution in [1.29, 1.82) is 0 Å². The van der Waals surface area contributed by atoms with Crippen molar-refractivity contribution in [3.05, 3.63) is 46.3 Å². The van der Waals surface area contributed by atoms with Gasteiger partial charge in [0.25, 0.3) is 0 Å². The Kier molecular flexibility index (Phi) is 3.95. The van der Waals surface area contributed by atoms with Gasteiger partial charge in [0.05, 0.1) is 0 Å². The van der Waals surface area contributed by atoms with Gasteiger partial charge in [-0.05, 0) is 32.5 Å². The molecule has 1 aromatic heterocycles. The zero-order chi connectivity index (χ0) is 15.0. The Hall–Kier alpha value is -1.46. The number of aromatic nitrogens is 2. The van der Waals surface area contributed by atoms with Gasteiger partial charge in [-0.1, -0.05) is 22.8 Å². The molecule has 0 radical (unpaired) electrons. The van der Waals surface area contributed by atoms with E-state index in [0.717, 1.165) is 6.42 Å². The highest BCUT2D eigenvalue weighted by molar-refractivity contribution is 6.31. The Balaban J connectivity index is 1.73. The van der Waals surface area contributed by atoms with Crippen LogP contribution >= 0.6 is 11.6 Å². The van der Waals surface area contributed by atoms with Crippen molar-refractivity contribution in [2.24, 2.45) is 0 Å². The summed E-state index contributed by atoms with van der Waals surface area (Å²) in [5, 5.41) is 7.58. The molecule has 0 saturated heterocycles. The molecule has 0 amide bonds. The van der Waals surface area contributed by atoms with Crippen molar-refractivity contribution in [3.63, 3.8) is 0 Å². The monoisotopic (exact) mass is 309 g/mol. The van der Waals surface area contributed by atoms with Crippen molar-refractivity contribution >= 4 is 11.6 Å². The lowest BCUT2D eigenvalue weighted by Crippen LogP contribution is -2.24. The maximum atomic E-state index is 13.9. The van der Waals surface area contributed by atoms with Crippen molar-refractivity contribution in [2.75, 3.05) is 7.05 Å². The molecular formula is C15H17ClFN3O. The third-order valence-electron chi connectivity index (χ3n) is 3.94. The van der Waals surface area contributed by atoms with Gasteiger partial charge in [0.15, 0.2) is 5.82 Å². The first-order valence-electron chi connectivity index (χ1n) is 7.03. The van der Waals surface area contributed by atoms with Crippen LogP contribution in [0.5, 0.6) is 0 Å². The first-order valence-corrected chi connectivity index (χ1v) is 7.41. The third-order valence-corrected chi connectivity index (χ3v) is 4.27. The number of hydrogen-bond acceptors (Lipinski definition) is 4. The fourth-order valence-corrected chi connectivity index (χ4v) is 2.83. The van der Waals surface area contributed by atoms with Crippen LogP contribution < -0.4 is 5.32 Å². The number of nitrogens with zero attached hydrogens (tertiary/aromatic N) is 2. The van der Waals surface area contributed by atoms with Gasteiger partial charge in [-0.15, -0.1) is 0 Å². The molecule has 1 aliphatic carbocycles. The molecule has 1 fully saturated rings. The van der Waals surface area contributed by atoms with E-state index in [9.17, 15) is 4.39 Å². The van der Waals surface area contributed by atoms with Crippen LogP contribution in [-0.2, 0) is 6.42 Å². The topological polar surface area (TPSA) is 51.0 Å². The Morgan fingerprint density at radius 2 is 2.29 bits per heavy atom. The zero-order valence-electron chi connectivity index (χ0n) is 11.9. The first-order chi connectivity index (χ1) is 10.1. The van der Waals surface area contributed by atoms with Crippen LogP contribution in [0.25, 0.3) is 0 Å². The normalized spacial score (nSPS) is 22.3. The first kappa shape index (κ1) is 14.5. The number of hydrogen-bond donors (Lipinski definition) is 1. The van der Waals surface area contributed by atoms with E-state index in [0.29, 0.717) is 28.7 Å². The van der Waals surface area contributed by atoms with E-state index in [2.05, 4.69) is 22.4 Å². The lowest BCUT2D eigenvalue weighted by Gasteiger charge is -2.04. The van der Waals surface area contributed by atoms with Gasteiger partial charge < -0.3 is 9.84 Å². The molecule has 3 rings (SSSR count). The highest BCUT2D eigenvalue weighted by Gasteiger charge is 2.46. The van der Waals surface area contributed by atoms with Gasteiger partial charge in [-0.25, -0.2) is 4.39 Å². The van der Waals surface area contributed by atoms with E-state index in [4.69, 9.17) is 16.1 Å². The van der Waals surface area contributed by atoms with Crippen LogP contribution in [0.4, 0.5) is 4.39 Å².